The lowest BCUT2D eigenvalue weighted by Crippen LogP contribution is -2.37. The van der Waals surface area contributed by atoms with E-state index in [0.717, 1.165) is 5.56 Å². The highest BCUT2D eigenvalue weighted by atomic mass is 16.3. The molecule has 2 heteroatoms. The Morgan fingerprint density at radius 1 is 1.12 bits per heavy atom. The summed E-state index contributed by atoms with van der Waals surface area (Å²) in [5, 5.41) is 19.5. The molecule has 1 rings (SSSR count). The second-order valence-electron chi connectivity index (χ2n) is 4.71. The van der Waals surface area contributed by atoms with Gasteiger partial charge in [0, 0.05) is 5.41 Å². The summed E-state index contributed by atoms with van der Waals surface area (Å²) < 4.78 is 0. The van der Waals surface area contributed by atoms with Crippen LogP contribution in [0.1, 0.15) is 26.3 Å². The van der Waals surface area contributed by atoms with Gasteiger partial charge in [-0.25, -0.2) is 0 Å². The Morgan fingerprint density at radius 2 is 1.69 bits per heavy atom. The Morgan fingerprint density at radius 3 is 2.19 bits per heavy atom. The summed E-state index contributed by atoms with van der Waals surface area (Å²) in [7, 11) is 0. The minimum absolute atomic E-state index is 0.536. The number of benzene rings is 1. The molecule has 0 bridgehead atoms. The molecule has 1 aromatic carbocycles. The van der Waals surface area contributed by atoms with E-state index in [2.05, 4.69) is 0 Å². The van der Waals surface area contributed by atoms with Crippen molar-refractivity contribution < 1.29 is 10.2 Å². The largest absolute Gasteiger partial charge is 0.393 e. The van der Waals surface area contributed by atoms with Gasteiger partial charge in [-0.1, -0.05) is 56.3 Å². The first-order valence-electron chi connectivity index (χ1n) is 5.54. The third-order valence-corrected chi connectivity index (χ3v) is 3.11. The molecule has 2 nitrogen and oxygen atoms in total. The number of aliphatic hydroxyl groups excluding tert-OH is 2. The standard InChI is InChI=1S/C14H20O2/c1-11(15)14(2,3)13(16)10-9-12-7-5-4-6-8-12/h4-11,13,15-16H,1-3H3/b10-9+. The second-order valence-corrected chi connectivity index (χ2v) is 4.71. The van der Waals surface area contributed by atoms with Gasteiger partial charge in [-0.3, -0.25) is 0 Å². The lowest BCUT2D eigenvalue weighted by atomic mass is 9.81. The average Bonchev–Trinajstić information content (AvgIpc) is 2.27. The molecule has 0 aliphatic heterocycles. The Balaban J connectivity index is 2.71. The smallest absolute Gasteiger partial charge is 0.0799 e. The predicted molar refractivity (Wildman–Crippen MR) is 66.9 cm³/mol. The summed E-state index contributed by atoms with van der Waals surface area (Å²) in [5.41, 5.74) is 0.508. The third kappa shape index (κ3) is 3.19. The summed E-state index contributed by atoms with van der Waals surface area (Å²) in [4.78, 5) is 0. The monoisotopic (exact) mass is 220 g/mol. The molecule has 0 aromatic heterocycles. The molecule has 0 fully saturated rings. The molecule has 0 radical (unpaired) electrons. The van der Waals surface area contributed by atoms with Crippen molar-refractivity contribution in [3.8, 4) is 0 Å². The first-order chi connectivity index (χ1) is 7.44. The fraction of sp³-hybridized carbons (Fsp3) is 0.429. The molecule has 1 aromatic rings. The SMILES string of the molecule is CC(O)C(C)(C)C(O)/C=C/c1ccccc1. The zero-order valence-electron chi connectivity index (χ0n) is 10.1. The van der Waals surface area contributed by atoms with Crippen molar-refractivity contribution >= 4 is 6.08 Å². The van der Waals surface area contributed by atoms with Crippen molar-refractivity contribution in [1.82, 2.24) is 0 Å². The molecular weight excluding hydrogens is 200 g/mol. The summed E-state index contributed by atoms with van der Waals surface area (Å²) in [6.07, 6.45) is 2.38. The Kier molecular flexibility index (Phi) is 4.27. The number of hydrogen-bond donors (Lipinski definition) is 2. The topological polar surface area (TPSA) is 40.5 Å². The van der Waals surface area contributed by atoms with Crippen molar-refractivity contribution in [3.63, 3.8) is 0 Å². The van der Waals surface area contributed by atoms with Crippen LogP contribution in [0.5, 0.6) is 0 Å². The number of aliphatic hydroxyl groups is 2. The first kappa shape index (κ1) is 12.9. The van der Waals surface area contributed by atoms with Crippen LogP contribution in [-0.2, 0) is 0 Å². The summed E-state index contributed by atoms with van der Waals surface area (Å²) in [5.74, 6) is 0. The van der Waals surface area contributed by atoms with E-state index in [0.29, 0.717) is 0 Å². The maximum atomic E-state index is 9.96. The minimum atomic E-state index is -0.660. The zero-order chi connectivity index (χ0) is 12.2. The van der Waals surface area contributed by atoms with Crippen LogP contribution in [0.4, 0.5) is 0 Å². The molecule has 0 heterocycles. The first-order valence-corrected chi connectivity index (χ1v) is 5.54. The molecular formula is C14H20O2. The van der Waals surface area contributed by atoms with E-state index >= 15 is 0 Å². The van der Waals surface area contributed by atoms with E-state index in [-0.39, 0.29) is 0 Å². The van der Waals surface area contributed by atoms with E-state index in [4.69, 9.17) is 0 Å². The normalized spacial score (nSPS) is 16.3. The van der Waals surface area contributed by atoms with Crippen LogP contribution in [-0.4, -0.2) is 22.4 Å². The van der Waals surface area contributed by atoms with Crippen LogP contribution in [0.25, 0.3) is 6.08 Å². The fourth-order valence-electron chi connectivity index (χ4n) is 1.26. The molecule has 2 atom stereocenters. The lowest BCUT2D eigenvalue weighted by Gasteiger charge is -2.31. The highest BCUT2D eigenvalue weighted by Crippen LogP contribution is 2.26. The van der Waals surface area contributed by atoms with Gasteiger partial charge in [0.2, 0.25) is 0 Å². The van der Waals surface area contributed by atoms with Crippen LogP contribution in [0.3, 0.4) is 0 Å². The molecule has 0 saturated heterocycles. The molecule has 16 heavy (non-hydrogen) atoms. The van der Waals surface area contributed by atoms with Crippen LogP contribution in [0, 0.1) is 5.41 Å². The van der Waals surface area contributed by atoms with Crippen molar-refractivity contribution in [2.24, 2.45) is 5.41 Å². The van der Waals surface area contributed by atoms with Gasteiger partial charge in [-0.15, -0.1) is 0 Å². The van der Waals surface area contributed by atoms with Gasteiger partial charge in [-0.2, -0.15) is 0 Å². The van der Waals surface area contributed by atoms with Gasteiger partial charge in [0.1, 0.15) is 0 Å². The summed E-state index contributed by atoms with van der Waals surface area (Å²) in [6, 6.07) is 9.79. The summed E-state index contributed by atoms with van der Waals surface area (Å²) in [6.45, 7) is 5.38. The van der Waals surface area contributed by atoms with E-state index in [1.54, 1.807) is 13.0 Å². The highest BCUT2D eigenvalue weighted by molar-refractivity contribution is 5.49. The van der Waals surface area contributed by atoms with Gasteiger partial charge in [0.25, 0.3) is 0 Å². The molecule has 0 aliphatic rings. The minimum Gasteiger partial charge on any atom is -0.393 e. The van der Waals surface area contributed by atoms with Crippen molar-refractivity contribution in [3.05, 3.63) is 42.0 Å². The second kappa shape index (κ2) is 5.28. The van der Waals surface area contributed by atoms with Gasteiger partial charge in [0.05, 0.1) is 12.2 Å². The Labute approximate surface area is 97.2 Å². The molecule has 88 valence electrons. The highest BCUT2D eigenvalue weighted by Gasteiger charge is 2.30. The van der Waals surface area contributed by atoms with Crippen LogP contribution >= 0.6 is 0 Å². The van der Waals surface area contributed by atoms with Crippen LogP contribution in [0.15, 0.2) is 36.4 Å². The number of rotatable bonds is 4. The van der Waals surface area contributed by atoms with Crippen molar-refractivity contribution in [2.75, 3.05) is 0 Å². The molecule has 0 saturated carbocycles. The zero-order valence-corrected chi connectivity index (χ0v) is 10.1. The van der Waals surface area contributed by atoms with E-state index in [1.165, 1.54) is 0 Å². The molecule has 0 aliphatic carbocycles. The fourth-order valence-corrected chi connectivity index (χ4v) is 1.26. The van der Waals surface area contributed by atoms with Gasteiger partial charge in [0.15, 0.2) is 0 Å². The molecule has 0 amide bonds. The van der Waals surface area contributed by atoms with E-state index in [9.17, 15) is 10.2 Å². The maximum absolute atomic E-state index is 9.96. The molecule has 0 spiro atoms. The Hall–Kier alpha value is -1.12. The van der Waals surface area contributed by atoms with Crippen molar-refractivity contribution in [2.45, 2.75) is 33.0 Å². The third-order valence-electron chi connectivity index (χ3n) is 3.11. The predicted octanol–water partition coefficient (Wildman–Crippen LogP) is 2.47. The van der Waals surface area contributed by atoms with E-state index < -0.39 is 17.6 Å². The quantitative estimate of drug-likeness (QED) is 0.818. The summed E-state index contributed by atoms with van der Waals surface area (Å²) >= 11 is 0. The number of hydrogen-bond acceptors (Lipinski definition) is 2. The Bertz CT molecular complexity index is 339. The van der Waals surface area contributed by atoms with Crippen molar-refractivity contribution in [1.29, 1.82) is 0 Å². The van der Waals surface area contributed by atoms with Crippen LogP contribution < -0.4 is 0 Å². The maximum Gasteiger partial charge on any atom is 0.0799 e. The average molecular weight is 220 g/mol. The van der Waals surface area contributed by atoms with Gasteiger partial charge < -0.3 is 10.2 Å². The van der Waals surface area contributed by atoms with E-state index in [1.807, 2.05) is 50.3 Å². The molecule has 2 unspecified atom stereocenters. The van der Waals surface area contributed by atoms with Gasteiger partial charge in [-0.05, 0) is 12.5 Å². The lowest BCUT2D eigenvalue weighted by molar-refractivity contribution is -0.0148. The van der Waals surface area contributed by atoms with Crippen LogP contribution in [0.2, 0.25) is 0 Å². The van der Waals surface area contributed by atoms with Gasteiger partial charge >= 0.3 is 0 Å². The molecule has 2 N–H and O–H groups in total.